The van der Waals surface area contributed by atoms with Gasteiger partial charge in [0.15, 0.2) is 0 Å². The fraction of sp³-hybridized carbons (Fsp3) is 0.786. The summed E-state index contributed by atoms with van der Waals surface area (Å²) in [5, 5.41) is 0. The summed E-state index contributed by atoms with van der Waals surface area (Å²) >= 11 is 0. The predicted molar refractivity (Wildman–Crippen MR) is 136 cm³/mol. The Hall–Kier alpha value is -0.0265. The summed E-state index contributed by atoms with van der Waals surface area (Å²) in [7, 11) is 0. The molecular formula is C28H58Ni. The van der Waals surface area contributed by atoms with Crippen molar-refractivity contribution in [2.24, 2.45) is 33.5 Å². The summed E-state index contributed by atoms with van der Waals surface area (Å²) in [6.07, 6.45) is 2.29. The number of hydrogen-bond donors (Lipinski definition) is 0. The van der Waals surface area contributed by atoms with Crippen LogP contribution >= 0.6 is 0 Å². The third kappa shape index (κ3) is 18.5. The summed E-state index contributed by atoms with van der Waals surface area (Å²) in [6, 6.07) is 0. The first kappa shape index (κ1) is 39.4. The smallest absolute Gasteiger partial charge is 0.358 e. The van der Waals surface area contributed by atoms with E-state index in [-0.39, 0.29) is 42.2 Å². The van der Waals surface area contributed by atoms with Gasteiger partial charge in [-0.25, -0.2) is 0 Å². The molecule has 0 N–H and O–H groups in total. The van der Waals surface area contributed by atoms with Gasteiger partial charge in [0.25, 0.3) is 0 Å². The molecule has 0 nitrogen and oxygen atoms in total. The average molecular weight is 453 g/mol. The Morgan fingerprint density at radius 1 is 0.552 bits per heavy atom. The Morgan fingerprint density at radius 2 is 0.724 bits per heavy atom. The fourth-order valence-corrected chi connectivity index (χ4v) is 1.96. The molecule has 0 aromatic heterocycles. The van der Waals surface area contributed by atoms with Crippen LogP contribution in [0, 0.1) is 48.3 Å². The van der Waals surface area contributed by atoms with Crippen LogP contribution in [0.15, 0.2) is 24.3 Å². The minimum atomic E-state index is 0. The molecule has 0 fully saturated rings. The topological polar surface area (TPSA) is 0 Å². The zero-order chi connectivity index (χ0) is 21.7. The summed E-state index contributed by atoms with van der Waals surface area (Å²) < 4.78 is 0. The minimum Gasteiger partial charge on any atom is -0.358 e. The maximum absolute atomic E-state index is 4.18. The van der Waals surface area contributed by atoms with E-state index in [0.717, 1.165) is 12.8 Å². The summed E-state index contributed by atoms with van der Waals surface area (Å²) in [5.41, 5.74) is 4.06. The average Bonchev–Trinajstić information content (AvgIpc) is 2.34. The van der Waals surface area contributed by atoms with Crippen LogP contribution in [-0.4, -0.2) is 0 Å². The predicted octanol–water partition coefficient (Wildman–Crippen LogP) is 10.2. The van der Waals surface area contributed by atoms with Crippen molar-refractivity contribution in [3.8, 4) is 0 Å². The number of rotatable bonds is 4. The number of hydrogen-bond acceptors (Lipinski definition) is 0. The Balaban J connectivity index is -0.000000120. The van der Waals surface area contributed by atoms with Crippen molar-refractivity contribution >= 4 is 0 Å². The van der Waals surface area contributed by atoms with Crippen LogP contribution in [0.25, 0.3) is 0 Å². The Labute approximate surface area is 198 Å². The van der Waals surface area contributed by atoms with E-state index in [4.69, 9.17) is 0 Å². The van der Waals surface area contributed by atoms with Gasteiger partial charge in [-0.15, -0.1) is 0 Å². The van der Waals surface area contributed by atoms with Gasteiger partial charge in [-0.2, -0.15) is 0 Å². The van der Waals surface area contributed by atoms with Crippen molar-refractivity contribution in [2.75, 3.05) is 0 Å². The van der Waals surface area contributed by atoms with Crippen molar-refractivity contribution in [3.63, 3.8) is 0 Å². The third-order valence-electron chi connectivity index (χ3n) is 6.18. The van der Waals surface area contributed by atoms with Crippen LogP contribution in [0.4, 0.5) is 0 Å². The quantitative estimate of drug-likeness (QED) is 0.226. The van der Waals surface area contributed by atoms with Gasteiger partial charge in [0.2, 0.25) is 0 Å². The minimum absolute atomic E-state index is 0. The SMILES string of the molecule is C=C(CC(C)C(C)(C)C)C(C)(C)C.C=C(CC(C)C(C)(C)C)C(C)(C)C.[CH3-].[CH3-].[Ni+2]. The van der Waals surface area contributed by atoms with Gasteiger partial charge in [0.1, 0.15) is 0 Å². The molecule has 0 aromatic carbocycles. The van der Waals surface area contributed by atoms with E-state index < -0.39 is 0 Å². The molecule has 0 saturated heterocycles. The zero-order valence-electron chi connectivity index (χ0n) is 23.3. The second-order valence-corrected chi connectivity index (χ2v) is 12.6. The van der Waals surface area contributed by atoms with Crippen molar-refractivity contribution in [2.45, 2.75) is 110 Å². The maximum Gasteiger partial charge on any atom is 2.00 e. The van der Waals surface area contributed by atoms with Crippen LogP contribution in [0.3, 0.4) is 0 Å². The van der Waals surface area contributed by atoms with E-state index in [2.05, 4.69) is 110 Å². The first-order valence-electron chi connectivity index (χ1n) is 10.5. The maximum atomic E-state index is 4.18. The van der Waals surface area contributed by atoms with E-state index >= 15 is 0 Å². The third-order valence-corrected chi connectivity index (χ3v) is 6.18. The Bertz CT molecular complexity index is 397. The van der Waals surface area contributed by atoms with Gasteiger partial charge in [0, 0.05) is 0 Å². The standard InChI is InChI=1S/2C13H26.2CH3.Ni/c2*1-10(12(3,4)5)9-11(2)13(6,7)8;;;/h2*11H,1,9H2,2-8H3;2*1H3;/q;;2*-1;+2. The summed E-state index contributed by atoms with van der Waals surface area (Å²) in [6.45, 7) is 40.2. The molecule has 0 spiro atoms. The van der Waals surface area contributed by atoms with Crippen molar-refractivity contribution in [1.29, 1.82) is 0 Å². The number of allylic oxidation sites excluding steroid dienone is 2. The monoisotopic (exact) mass is 452 g/mol. The molecule has 29 heavy (non-hydrogen) atoms. The second-order valence-electron chi connectivity index (χ2n) is 12.6. The molecule has 0 saturated carbocycles. The molecule has 0 aliphatic rings. The molecule has 0 aromatic rings. The van der Waals surface area contributed by atoms with Crippen molar-refractivity contribution in [3.05, 3.63) is 39.2 Å². The molecule has 2 atom stereocenters. The molecule has 0 aliphatic heterocycles. The first-order valence-corrected chi connectivity index (χ1v) is 10.5. The molecular weight excluding hydrogens is 395 g/mol. The molecule has 0 radical (unpaired) electrons. The molecule has 2 unspecified atom stereocenters. The van der Waals surface area contributed by atoms with Crippen molar-refractivity contribution in [1.82, 2.24) is 0 Å². The van der Waals surface area contributed by atoms with Crippen molar-refractivity contribution < 1.29 is 16.5 Å². The second kappa shape index (κ2) is 14.1. The Morgan fingerprint density at radius 3 is 0.828 bits per heavy atom. The van der Waals surface area contributed by atoms with Gasteiger partial charge >= 0.3 is 16.5 Å². The van der Waals surface area contributed by atoms with Crippen LogP contribution in [0.5, 0.6) is 0 Å². The van der Waals surface area contributed by atoms with Gasteiger partial charge in [0.05, 0.1) is 0 Å². The van der Waals surface area contributed by atoms with Crippen LogP contribution < -0.4 is 0 Å². The van der Waals surface area contributed by atoms with Gasteiger partial charge in [-0.3, -0.25) is 0 Å². The zero-order valence-corrected chi connectivity index (χ0v) is 24.3. The van der Waals surface area contributed by atoms with Crippen LogP contribution in [0.1, 0.15) is 110 Å². The molecule has 180 valence electrons. The normalized spacial score (nSPS) is 14.0. The first-order chi connectivity index (χ1) is 11.1. The van der Waals surface area contributed by atoms with Gasteiger partial charge < -0.3 is 14.9 Å². The van der Waals surface area contributed by atoms with E-state index in [1.165, 1.54) is 11.1 Å². The molecule has 1 heteroatoms. The van der Waals surface area contributed by atoms with Gasteiger partial charge in [-0.05, 0) is 46.3 Å². The van der Waals surface area contributed by atoms with E-state index in [9.17, 15) is 0 Å². The summed E-state index contributed by atoms with van der Waals surface area (Å²) in [4.78, 5) is 0. The molecule has 0 bridgehead atoms. The molecule has 0 rings (SSSR count). The van der Waals surface area contributed by atoms with E-state index in [0.29, 0.717) is 22.7 Å². The Kier molecular flexibility index (Phi) is 19.2. The molecule has 0 heterocycles. The largest absolute Gasteiger partial charge is 2.00 e. The van der Waals surface area contributed by atoms with Gasteiger partial charge in [-0.1, -0.05) is 121 Å². The summed E-state index contributed by atoms with van der Waals surface area (Å²) in [5.74, 6) is 1.42. The van der Waals surface area contributed by atoms with Crippen LogP contribution in [-0.2, 0) is 16.5 Å². The molecule has 0 aliphatic carbocycles. The molecule has 0 amide bonds. The van der Waals surface area contributed by atoms with E-state index in [1.807, 2.05) is 0 Å². The van der Waals surface area contributed by atoms with Crippen LogP contribution in [0.2, 0.25) is 0 Å². The van der Waals surface area contributed by atoms with E-state index in [1.54, 1.807) is 0 Å². The fourth-order valence-electron chi connectivity index (χ4n) is 1.96.